The SMILES string of the molecule is C[C@H]1C(=O)N(c2ccc(Cl)c(Cl)c2)CCN1C(=O)Nc1cccc(Cl)c1. The molecule has 2 aromatic rings. The van der Waals surface area contributed by atoms with Crippen molar-refractivity contribution in [1.82, 2.24) is 4.90 Å². The molecule has 1 aliphatic rings. The van der Waals surface area contributed by atoms with Crippen LogP contribution in [-0.4, -0.2) is 36.0 Å². The largest absolute Gasteiger partial charge is 0.322 e. The molecular formula is C18H16Cl3N3O2. The zero-order valence-electron chi connectivity index (χ0n) is 13.9. The summed E-state index contributed by atoms with van der Waals surface area (Å²) in [6.07, 6.45) is 0. The van der Waals surface area contributed by atoms with Crippen molar-refractivity contribution in [2.45, 2.75) is 13.0 Å². The molecule has 3 amide bonds. The number of carbonyl (C=O) groups is 2. The first-order valence-corrected chi connectivity index (χ1v) is 9.10. The van der Waals surface area contributed by atoms with Crippen LogP contribution in [0.1, 0.15) is 6.92 Å². The lowest BCUT2D eigenvalue weighted by atomic mass is 10.1. The molecule has 136 valence electrons. The molecule has 0 aliphatic carbocycles. The fraction of sp³-hybridized carbons (Fsp3) is 0.222. The van der Waals surface area contributed by atoms with Crippen LogP contribution in [0.3, 0.4) is 0 Å². The van der Waals surface area contributed by atoms with Crippen molar-refractivity contribution in [2.75, 3.05) is 23.3 Å². The molecule has 3 rings (SSSR count). The number of rotatable bonds is 2. The number of nitrogens with zero attached hydrogens (tertiary/aromatic N) is 2. The lowest BCUT2D eigenvalue weighted by Gasteiger charge is -2.39. The topological polar surface area (TPSA) is 52.7 Å². The quantitative estimate of drug-likeness (QED) is 0.761. The summed E-state index contributed by atoms with van der Waals surface area (Å²) in [4.78, 5) is 28.4. The van der Waals surface area contributed by atoms with Gasteiger partial charge in [-0.25, -0.2) is 4.79 Å². The van der Waals surface area contributed by atoms with Gasteiger partial charge in [-0.1, -0.05) is 40.9 Å². The Labute approximate surface area is 166 Å². The molecule has 0 saturated carbocycles. The first-order valence-electron chi connectivity index (χ1n) is 7.96. The Balaban J connectivity index is 1.72. The molecule has 0 aromatic heterocycles. The van der Waals surface area contributed by atoms with Crippen LogP contribution in [0.4, 0.5) is 16.2 Å². The summed E-state index contributed by atoms with van der Waals surface area (Å²) in [7, 11) is 0. The van der Waals surface area contributed by atoms with Crippen molar-refractivity contribution in [3.05, 3.63) is 57.5 Å². The van der Waals surface area contributed by atoms with Gasteiger partial charge < -0.3 is 15.1 Å². The van der Waals surface area contributed by atoms with Crippen LogP contribution in [0.5, 0.6) is 0 Å². The Hall–Kier alpha value is -1.95. The predicted molar refractivity (Wildman–Crippen MR) is 105 cm³/mol. The summed E-state index contributed by atoms with van der Waals surface area (Å²) < 4.78 is 0. The Morgan fingerprint density at radius 2 is 1.85 bits per heavy atom. The molecule has 0 spiro atoms. The van der Waals surface area contributed by atoms with Crippen molar-refractivity contribution in [3.63, 3.8) is 0 Å². The Kier molecular flexibility index (Phi) is 5.61. The van der Waals surface area contributed by atoms with E-state index < -0.39 is 6.04 Å². The number of benzene rings is 2. The average molecular weight is 413 g/mol. The molecule has 1 aliphatic heterocycles. The summed E-state index contributed by atoms with van der Waals surface area (Å²) in [5.41, 5.74) is 1.24. The summed E-state index contributed by atoms with van der Waals surface area (Å²) in [5, 5.41) is 4.10. The van der Waals surface area contributed by atoms with Gasteiger partial charge in [0.05, 0.1) is 10.0 Å². The predicted octanol–water partition coefficient (Wildman–Crippen LogP) is 4.92. The fourth-order valence-corrected chi connectivity index (χ4v) is 3.30. The van der Waals surface area contributed by atoms with Crippen molar-refractivity contribution in [2.24, 2.45) is 0 Å². The van der Waals surface area contributed by atoms with Crippen molar-refractivity contribution in [1.29, 1.82) is 0 Å². The van der Waals surface area contributed by atoms with Gasteiger partial charge in [-0.05, 0) is 43.3 Å². The molecule has 0 bridgehead atoms. The maximum absolute atomic E-state index is 12.8. The third kappa shape index (κ3) is 3.90. The highest BCUT2D eigenvalue weighted by Crippen LogP contribution is 2.29. The van der Waals surface area contributed by atoms with E-state index in [2.05, 4.69) is 5.32 Å². The van der Waals surface area contributed by atoms with Gasteiger partial charge in [0.25, 0.3) is 0 Å². The Bertz CT molecular complexity index is 859. The number of anilines is 2. The number of hydrogen-bond acceptors (Lipinski definition) is 2. The number of urea groups is 1. The van der Waals surface area contributed by atoms with Crippen LogP contribution < -0.4 is 10.2 Å². The second-order valence-corrected chi connectivity index (χ2v) is 7.15. The lowest BCUT2D eigenvalue weighted by Crippen LogP contribution is -2.58. The third-order valence-electron chi connectivity index (χ3n) is 4.21. The molecule has 0 unspecified atom stereocenters. The van der Waals surface area contributed by atoms with Crippen LogP contribution >= 0.6 is 34.8 Å². The van der Waals surface area contributed by atoms with Gasteiger partial charge in [0.15, 0.2) is 0 Å². The van der Waals surface area contributed by atoms with E-state index in [4.69, 9.17) is 34.8 Å². The fourth-order valence-electron chi connectivity index (χ4n) is 2.82. The van der Waals surface area contributed by atoms with E-state index in [9.17, 15) is 9.59 Å². The standard InChI is InChI=1S/C18H16Cl3N3O2/c1-11-17(25)24(14-5-6-15(20)16(21)10-14)8-7-23(11)18(26)22-13-4-2-3-12(19)9-13/h2-6,9-11H,7-8H2,1H3,(H,22,26)/t11-/m0/s1. The van der Waals surface area contributed by atoms with Crippen LogP contribution in [0.15, 0.2) is 42.5 Å². The monoisotopic (exact) mass is 411 g/mol. The minimum absolute atomic E-state index is 0.184. The molecule has 8 heteroatoms. The highest BCUT2D eigenvalue weighted by Gasteiger charge is 2.35. The van der Waals surface area contributed by atoms with Crippen LogP contribution in [0.2, 0.25) is 15.1 Å². The number of carbonyl (C=O) groups excluding carboxylic acids is 2. The zero-order valence-corrected chi connectivity index (χ0v) is 16.1. The smallest absolute Gasteiger partial charge is 0.311 e. The van der Waals surface area contributed by atoms with Gasteiger partial charge in [0.1, 0.15) is 6.04 Å². The van der Waals surface area contributed by atoms with Gasteiger partial charge in [-0.2, -0.15) is 0 Å². The second kappa shape index (κ2) is 7.74. The van der Waals surface area contributed by atoms with Crippen molar-refractivity contribution in [3.8, 4) is 0 Å². The molecule has 0 radical (unpaired) electrons. The van der Waals surface area contributed by atoms with E-state index in [0.717, 1.165) is 0 Å². The van der Waals surface area contributed by atoms with E-state index in [1.807, 2.05) is 0 Å². The maximum Gasteiger partial charge on any atom is 0.322 e. The number of piperazine rings is 1. The van der Waals surface area contributed by atoms with E-state index in [1.54, 1.807) is 54.3 Å². The summed E-state index contributed by atoms with van der Waals surface area (Å²) >= 11 is 17.9. The van der Waals surface area contributed by atoms with Gasteiger partial charge in [0, 0.05) is 29.5 Å². The average Bonchev–Trinajstić information content (AvgIpc) is 2.60. The zero-order chi connectivity index (χ0) is 18.8. The minimum Gasteiger partial charge on any atom is -0.311 e. The molecule has 1 fully saturated rings. The summed E-state index contributed by atoms with van der Waals surface area (Å²) in [5.74, 6) is -0.184. The Morgan fingerprint density at radius 3 is 2.54 bits per heavy atom. The number of amides is 3. The number of hydrogen-bond donors (Lipinski definition) is 1. The van der Waals surface area contributed by atoms with Gasteiger partial charge in [0.2, 0.25) is 5.91 Å². The van der Waals surface area contributed by atoms with E-state index in [-0.39, 0.29) is 11.9 Å². The maximum atomic E-state index is 12.8. The minimum atomic E-state index is -0.614. The molecule has 1 saturated heterocycles. The summed E-state index contributed by atoms with van der Waals surface area (Å²) in [6, 6.07) is 10.9. The molecule has 2 aromatic carbocycles. The van der Waals surface area contributed by atoms with Crippen LogP contribution in [-0.2, 0) is 4.79 Å². The van der Waals surface area contributed by atoms with Crippen molar-refractivity contribution < 1.29 is 9.59 Å². The molecule has 1 atom stereocenters. The van der Waals surface area contributed by atoms with Gasteiger partial charge in [-0.15, -0.1) is 0 Å². The van der Waals surface area contributed by atoms with Crippen LogP contribution in [0, 0.1) is 0 Å². The van der Waals surface area contributed by atoms with E-state index in [0.29, 0.717) is 39.5 Å². The molecule has 1 N–H and O–H groups in total. The first kappa shape index (κ1) is 18.8. The summed E-state index contributed by atoms with van der Waals surface area (Å²) in [6.45, 7) is 2.45. The van der Waals surface area contributed by atoms with Crippen LogP contribution in [0.25, 0.3) is 0 Å². The molecule has 5 nitrogen and oxygen atoms in total. The second-order valence-electron chi connectivity index (χ2n) is 5.90. The Morgan fingerprint density at radius 1 is 1.08 bits per heavy atom. The normalized spacial score (nSPS) is 17.4. The molecule has 1 heterocycles. The molecular weight excluding hydrogens is 397 g/mol. The number of nitrogens with one attached hydrogen (secondary N) is 1. The van der Waals surface area contributed by atoms with E-state index in [1.165, 1.54) is 4.90 Å². The van der Waals surface area contributed by atoms with Gasteiger partial charge in [-0.3, -0.25) is 4.79 Å². The number of halogens is 3. The first-order chi connectivity index (χ1) is 12.4. The lowest BCUT2D eigenvalue weighted by molar-refractivity contribution is -0.123. The highest BCUT2D eigenvalue weighted by atomic mass is 35.5. The highest BCUT2D eigenvalue weighted by molar-refractivity contribution is 6.42. The molecule has 26 heavy (non-hydrogen) atoms. The van der Waals surface area contributed by atoms with Gasteiger partial charge >= 0.3 is 6.03 Å². The van der Waals surface area contributed by atoms with Crippen molar-refractivity contribution >= 4 is 58.1 Å². The van der Waals surface area contributed by atoms with E-state index >= 15 is 0 Å². The third-order valence-corrected chi connectivity index (χ3v) is 5.18.